The van der Waals surface area contributed by atoms with E-state index in [0.717, 1.165) is 10.9 Å². The van der Waals surface area contributed by atoms with E-state index in [1.807, 2.05) is 25.1 Å². The van der Waals surface area contributed by atoms with Crippen LogP contribution in [0.3, 0.4) is 0 Å². The van der Waals surface area contributed by atoms with E-state index in [4.69, 9.17) is 14.3 Å². The molecule has 1 N–H and O–H groups in total. The monoisotopic (exact) mass is 289 g/mol. The van der Waals surface area contributed by atoms with Crippen LogP contribution in [0.4, 0.5) is 0 Å². The molecule has 1 aromatic heterocycles. The highest BCUT2D eigenvalue weighted by atomic mass is 16.5. The molecule has 1 aromatic carbocycles. The molecule has 1 aliphatic heterocycles. The Morgan fingerprint density at radius 1 is 1.33 bits per heavy atom. The lowest BCUT2D eigenvalue weighted by atomic mass is 10.1. The summed E-state index contributed by atoms with van der Waals surface area (Å²) in [4.78, 5) is 25.0. The molecule has 0 radical (unpaired) electrons. The number of benzene rings is 1. The van der Waals surface area contributed by atoms with Crippen molar-refractivity contribution in [3.05, 3.63) is 35.6 Å². The third kappa shape index (κ3) is 2.38. The molecule has 2 aromatic rings. The van der Waals surface area contributed by atoms with Crippen LogP contribution in [0.5, 0.6) is 0 Å². The maximum absolute atomic E-state index is 12.5. The van der Waals surface area contributed by atoms with Crippen molar-refractivity contribution in [2.45, 2.75) is 13.0 Å². The summed E-state index contributed by atoms with van der Waals surface area (Å²) in [6.45, 7) is 2.43. The van der Waals surface area contributed by atoms with Gasteiger partial charge in [0, 0.05) is 17.5 Å². The molecule has 6 nitrogen and oxygen atoms in total. The number of furan rings is 1. The fraction of sp³-hybridized carbons (Fsp3) is 0.333. The number of carbonyl (C=O) groups excluding carboxylic acids is 1. The summed E-state index contributed by atoms with van der Waals surface area (Å²) >= 11 is 0. The fourth-order valence-electron chi connectivity index (χ4n) is 2.51. The van der Waals surface area contributed by atoms with Crippen molar-refractivity contribution < 1.29 is 23.8 Å². The Bertz CT molecular complexity index is 705. The zero-order chi connectivity index (χ0) is 15.0. The second kappa shape index (κ2) is 5.21. The summed E-state index contributed by atoms with van der Waals surface area (Å²) in [6.07, 6.45) is -0.979. The lowest BCUT2D eigenvalue weighted by molar-refractivity contribution is -0.154. The van der Waals surface area contributed by atoms with Gasteiger partial charge in [-0.25, -0.2) is 4.79 Å². The third-order valence-corrected chi connectivity index (χ3v) is 3.67. The molecule has 6 heteroatoms. The Hall–Kier alpha value is -2.34. The molecule has 3 rings (SSSR count). The van der Waals surface area contributed by atoms with Gasteiger partial charge in [0.1, 0.15) is 5.58 Å². The van der Waals surface area contributed by atoms with Gasteiger partial charge in [0.25, 0.3) is 5.91 Å². The summed E-state index contributed by atoms with van der Waals surface area (Å²) in [5.74, 6) is -1.09. The van der Waals surface area contributed by atoms with Crippen LogP contribution < -0.4 is 0 Å². The van der Waals surface area contributed by atoms with Crippen molar-refractivity contribution in [2.24, 2.45) is 0 Å². The molecule has 1 fully saturated rings. The number of aliphatic carboxylic acids is 1. The van der Waals surface area contributed by atoms with Crippen molar-refractivity contribution in [1.29, 1.82) is 0 Å². The van der Waals surface area contributed by atoms with Gasteiger partial charge in [-0.05, 0) is 13.0 Å². The highest BCUT2D eigenvalue weighted by Crippen LogP contribution is 2.26. The molecule has 1 atom stereocenters. The van der Waals surface area contributed by atoms with E-state index in [9.17, 15) is 9.59 Å². The predicted octanol–water partition coefficient (Wildman–Crippen LogP) is 1.67. The normalized spacial score (nSPS) is 18.9. The zero-order valence-corrected chi connectivity index (χ0v) is 11.5. The number of hydrogen-bond acceptors (Lipinski definition) is 4. The minimum atomic E-state index is -1.06. The lowest BCUT2D eigenvalue weighted by Gasteiger charge is -2.30. The van der Waals surface area contributed by atoms with Crippen molar-refractivity contribution in [2.75, 3.05) is 19.7 Å². The summed E-state index contributed by atoms with van der Waals surface area (Å²) < 4.78 is 10.8. The summed E-state index contributed by atoms with van der Waals surface area (Å²) in [7, 11) is 0. The number of amides is 1. The fourth-order valence-corrected chi connectivity index (χ4v) is 2.51. The molecule has 1 saturated heterocycles. The second-order valence-corrected chi connectivity index (χ2v) is 5.00. The van der Waals surface area contributed by atoms with Gasteiger partial charge >= 0.3 is 5.97 Å². The molecular formula is C15H15NO5. The Morgan fingerprint density at radius 2 is 2.10 bits per heavy atom. The van der Waals surface area contributed by atoms with E-state index < -0.39 is 12.1 Å². The molecule has 0 bridgehead atoms. The van der Waals surface area contributed by atoms with E-state index in [1.54, 1.807) is 6.07 Å². The number of morpholine rings is 1. The van der Waals surface area contributed by atoms with Crippen molar-refractivity contribution in [3.63, 3.8) is 0 Å². The highest BCUT2D eigenvalue weighted by molar-refractivity contribution is 5.99. The smallest absolute Gasteiger partial charge is 0.334 e. The number of aryl methyl sites for hydroxylation is 1. The molecule has 0 spiro atoms. The predicted molar refractivity (Wildman–Crippen MR) is 74.2 cm³/mol. The van der Waals surface area contributed by atoms with Crippen LogP contribution in [-0.2, 0) is 9.53 Å². The van der Waals surface area contributed by atoms with Gasteiger partial charge in [-0.2, -0.15) is 0 Å². The molecule has 0 aliphatic carbocycles. The third-order valence-electron chi connectivity index (χ3n) is 3.67. The Balaban J connectivity index is 1.90. The zero-order valence-electron chi connectivity index (χ0n) is 11.5. The van der Waals surface area contributed by atoms with Crippen LogP contribution in [0.1, 0.15) is 16.1 Å². The van der Waals surface area contributed by atoms with Crippen LogP contribution in [0, 0.1) is 6.92 Å². The average molecular weight is 289 g/mol. The number of ether oxygens (including phenoxy) is 1. The largest absolute Gasteiger partial charge is 0.479 e. The Kier molecular flexibility index (Phi) is 3.39. The number of fused-ring (bicyclic) bond motifs is 1. The molecular weight excluding hydrogens is 274 g/mol. The molecule has 1 amide bonds. The van der Waals surface area contributed by atoms with Crippen molar-refractivity contribution in [3.8, 4) is 0 Å². The first-order valence-corrected chi connectivity index (χ1v) is 6.69. The van der Waals surface area contributed by atoms with E-state index in [-0.39, 0.29) is 24.8 Å². The first-order valence-electron chi connectivity index (χ1n) is 6.69. The summed E-state index contributed by atoms with van der Waals surface area (Å²) in [5, 5.41) is 9.88. The van der Waals surface area contributed by atoms with Gasteiger partial charge in [-0.15, -0.1) is 0 Å². The number of hydrogen-bond donors (Lipinski definition) is 1. The highest BCUT2D eigenvalue weighted by Gasteiger charge is 2.31. The summed E-state index contributed by atoms with van der Waals surface area (Å²) in [5.41, 5.74) is 1.43. The number of rotatable bonds is 2. The van der Waals surface area contributed by atoms with Crippen molar-refractivity contribution in [1.82, 2.24) is 4.90 Å². The Morgan fingerprint density at radius 3 is 2.81 bits per heavy atom. The van der Waals surface area contributed by atoms with E-state index >= 15 is 0 Å². The number of nitrogens with zero attached hydrogens (tertiary/aromatic N) is 1. The van der Waals surface area contributed by atoms with Crippen LogP contribution in [0.2, 0.25) is 0 Å². The van der Waals surface area contributed by atoms with Gasteiger partial charge in [-0.1, -0.05) is 18.2 Å². The molecule has 0 unspecified atom stereocenters. The molecule has 110 valence electrons. The summed E-state index contributed by atoms with van der Waals surface area (Å²) in [6, 6.07) is 7.42. The van der Waals surface area contributed by atoms with Gasteiger partial charge in [0.15, 0.2) is 11.9 Å². The number of para-hydroxylation sites is 1. The maximum Gasteiger partial charge on any atom is 0.334 e. The minimum absolute atomic E-state index is 0.0324. The number of carboxylic acids is 1. The van der Waals surface area contributed by atoms with E-state index in [1.165, 1.54) is 4.90 Å². The topological polar surface area (TPSA) is 80.0 Å². The molecule has 1 aliphatic rings. The minimum Gasteiger partial charge on any atom is -0.479 e. The molecule has 0 saturated carbocycles. The Labute approximate surface area is 120 Å². The van der Waals surface area contributed by atoms with Crippen LogP contribution in [-0.4, -0.2) is 47.7 Å². The number of carbonyl (C=O) groups is 2. The van der Waals surface area contributed by atoms with Crippen LogP contribution in [0.15, 0.2) is 28.7 Å². The van der Waals surface area contributed by atoms with Crippen LogP contribution in [0.25, 0.3) is 11.0 Å². The molecule has 2 heterocycles. The van der Waals surface area contributed by atoms with Gasteiger partial charge < -0.3 is 19.2 Å². The first kappa shape index (κ1) is 13.6. The van der Waals surface area contributed by atoms with Gasteiger partial charge in [-0.3, -0.25) is 4.79 Å². The van der Waals surface area contributed by atoms with Crippen molar-refractivity contribution >= 4 is 22.8 Å². The van der Waals surface area contributed by atoms with Crippen LogP contribution >= 0.6 is 0 Å². The van der Waals surface area contributed by atoms with Gasteiger partial charge in [0.2, 0.25) is 0 Å². The maximum atomic E-state index is 12.5. The standard InChI is InChI=1S/C15H15NO5/c1-9-10-4-2-3-5-11(10)21-13(9)14(17)16-6-7-20-12(8-16)15(18)19/h2-5,12H,6-8H2,1H3,(H,18,19)/t12-/m0/s1. The molecule has 21 heavy (non-hydrogen) atoms. The first-order chi connectivity index (χ1) is 10.1. The second-order valence-electron chi connectivity index (χ2n) is 5.00. The number of carboxylic acid groups (broad SMARTS) is 1. The average Bonchev–Trinajstić information content (AvgIpc) is 2.84. The van der Waals surface area contributed by atoms with E-state index in [0.29, 0.717) is 12.1 Å². The van der Waals surface area contributed by atoms with Gasteiger partial charge in [0.05, 0.1) is 13.2 Å². The SMILES string of the molecule is Cc1c(C(=O)N2CCO[C@H](C(=O)O)C2)oc2ccccc12. The quantitative estimate of drug-likeness (QED) is 0.909. The van der Waals surface area contributed by atoms with E-state index in [2.05, 4.69) is 0 Å². The lowest BCUT2D eigenvalue weighted by Crippen LogP contribution is -2.48.